The maximum atomic E-state index is 6.55. The fraction of sp³-hybridized carbons (Fsp3) is 0.333. The van der Waals surface area contributed by atoms with E-state index >= 15 is 0 Å². The molecular weight excluding hydrogens is 266 g/mol. The lowest BCUT2D eigenvalue weighted by atomic mass is 10.0. The highest BCUT2D eigenvalue weighted by atomic mass is 35.5. The lowest BCUT2D eigenvalue weighted by molar-refractivity contribution is 0.327. The quantitative estimate of drug-likeness (QED) is 0.720. The maximum Gasteiger partial charge on any atom is 0.0712 e. The lowest BCUT2D eigenvalue weighted by Gasteiger charge is -2.21. The van der Waals surface area contributed by atoms with Crippen LogP contribution in [0.3, 0.4) is 0 Å². The molecule has 0 radical (unpaired) electrons. The zero-order chi connectivity index (χ0) is 14.5. The Morgan fingerprint density at radius 1 is 1.00 bits per heavy atom. The molecule has 2 rings (SSSR count). The van der Waals surface area contributed by atoms with Crippen molar-refractivity contribution in [2.24, 2.45) is 0 Å². The Hall–Kier alpha value is -1.31. The van der Waals surface area contributed by atoms with Gasteiger partial charge in [-0.3, -0.25) is 0 Å². The molecule has 0 spiro atoms. The van der Waals surface area contributed by atoms with Gasteiger partial charge in [-0.15, -0.1) is 11.6 Å². The Morgan fingerprint density at radius 3 is 2.35 bits per heavy atom. The van der Waals surface area contributed by atoms with Gasteiger partial charge in [-0.25, -0.2) is 0 Å². The first kappa shape index (κ1) is 15.1. The SMILES string of the molecule is Cc1ccc(C(Cl)CN(C)Cc2ccccc2)cc1C. The predicted molar refractivity (Wildman–Crippen MR) is 87.3 cm³/mol. The van der Waals surface area contributed by atoms with Crippen LogP contribution in [-0.4, -0.2) is 18.5 Å². The van der Waals surface area contributed by atoms with E-state index in [9.17, 15) is 0 Å². The van der Waals surface area contributed by atoms with Crippen LogP contribution >= 0.6 is 11.6 Å². The topological polar surface area (TPSA) is 3.24 Å². The molecule has 0 aliphatic rings. The average molecular weight is 288 g/mol. The van der Waals surface area contributed by atoms with Crippen molar-refractivity contribution in [1.82, 2.24) is 4.90 Å². The Kier molecular flexibility index (Phi) is 5.22. The minimum Gasteiger partial charge on any atom is -0.300 e. The van der Waals surface area contributed by atoms with E-state index in [-0.39, 0.29) is 5.38 Å². The third-order valence-electron chi connectivity index (χ3n) is 3.66. The second-order valence-corrected chi connectivity index (χ2v) is 6.02. The monoisotopic (exact) mass is 287 g/mol. The number of rotatable bonds is 5. The van der Waals surface area contributed by atoms with Gasteiger partial charge in [0.05, 0.1) is 5.38 Å². The number of hydrogen-bond acceptors (Lipinski definition) is 1. The van der Waals surface area contributed by atoms with Crippen molar-refractivity contribution in [1.29, 1.82) is 0 Å². The summed E-state index contributed by atoms with van der Waals surface area (Å²) in [5, 5.41) is 0.0306. The number of benzene rings is 2. The summed E-state index contributed by atoms with van der Waals surface area (Å²) in [6.45, 7) is 6.04. The second kappa shape index (κ2) is 6.92. The molecule has 2 heteroatoms. The molecule has 0 aliphatic carbocycles. The molecule has 2 aromatic rings. The second-order valence-electron chi connectivity index (χ2n) is 5.49. The fourth-order valence-electron chi connectivity index (χ4n) is 2.30. The van der Waals surface area contributed by atoms with Crippen molar-refractivity contribution in [2.45, 2.75) is 25.8 Å². The van der Waals surface area contributed by atoms with Crippen molar-refractivity contribution in [2.75, 3.05) is 13.6 Å². The summed E-state index contributed by atoms with van der Waals surface area (Å²) in [4.78, 5) is 2.27. The van der Waals surface area contributed by atoms with Gasteiger partial charge in [-0.1, -0.05) is 48.5 Å². The molecule has 0 fully saturated rings. The molecular formula is C18H22ClN. The lowest BCUT2D eigenvalue weighted by Crippen LogP contribution is -2.22. The van der Waals surface area contributed by atoms with Crippen LogP contribution in [0.2, 0.25) is 0 Å². The molecule has 0 saturated heterocycles. The van der Waals surface area contributed by atoms with Crippen LogP contribution in [-0.2, 0) is 6.54 Å². The van der Waals surface area contributed by atoms with E-state index in [2.05, 4.69) is 68.3 Å². The van der Waals surface area contributed by atoms with Gasteiger partial charge in [0.2, 0.25) is 0 Å². The number of alkyl halides is 1. The van der Waals surface area contributed by atoms with Crippen molar-refractivity contribution >= 4 is 11.6 Å². The predicted octanol–water partition coefficient (Wildman–Crippen LogP) is 4.72. The number of likely N-dealkylation sites (N-methyl/N-ethyl adjacent to an activating group) is 1. The van der Waals surface area contributed by atoms with E-state index in [1.807, 2.05) is 6.07 Å². The molecule has 2 aromatic carbocycles. The Balaban J connectivity index is 1.96. The van der Waals surface area contributed by atoms with Gasteiger partial charge in [0, 0.05) is 13.1 Å². The molecule has 0 heterocycles. The summed E-state index contributed by atoms with van der Waals surface area (Å²) < 4.78 is 0. The minimum atomic E-state index is 0.0306. The maximum absolute atomic E-state index is 6.55. The first-order valence-electron chi connectivity index (χ1n) is 7.00. The normalized spacial score (nSPS) is 12.7. The number of halogens is 1. The first-order chi connectivity index (χ1) is 9.56. The summed E-state index contributed by atoms with van der Waals surface area (Å²) in [7, 11) is 2.11. The van der Waals surface area contributed by atoms with E-state index in [0.717, 1.165) is 13.1 Å². The van der Waals surface area contributed by atoms with Gasteiger partial charge in [0.25, 0.3) is 0 Å². The van der Waals surface area contributed by atoms with Crippen LogP contribution in [0.15, 0.2) is 48.5 Å². The van der Waals surface area contributed by atoms with Gasteiger partial charge >= 0.3 is 0 Å². The Bertz CT molecular complexity index is 551. The molecule has 0 saturated carbocycles. The molecule has 106 valence electrons. The molecule has 1 unspecified atom stereocenters. The van der Waals surface area contributed by atoms with E-state index in [0.29, 0.717) is 0 Å². The molecule has 0 aromatic heterocycles. The van der Waals surface area contributed by atoms with Crippen LogP contribution in [0, 0.1) is 13.8 Å². The minimum absolute atomic E-state index is 0.0306. The summed E-state index contributed by atoms with van der Waals surface area (Å²) in [5.74, 6) is 0. The highest BCUT2D eigenvalue weighted by Crippen LogP contribution is 2.24. The first-order valence-corrected chi connectivity index (χ1v) is 7.43. The van der Waals surface area contributed by atoms with Crippen molar-refractivity contribution in [3.05, 3.63) is 70.8 Å². The molecule has 0 bridgehead atoms. The third kappa shape index (κ3) is 4.09. The summed E-state index contributed by atoms with van der Waals surface area (Å²) in [6.07, 6.45) is 0. The van der Waals surface area contributed by atoms with Gasteiger partial charge < -0.3 is 4.90 Å². The molecule has 0 N–H and O–H groups in total. The van der Waals surface area contributed by atoms with Gasteiger partial charge in [0.1, 0.15) is 0 Å². The summed E-state index contributed by atoms with van der Waals surface area (Å²) >= 11 is 6.55. The standard InChI is InChI=1S/C18H22ClN/c1-14-9-10-17(11-15(14)2)18(19)13-20(3)12-16-7-5-4-6-8-16/h4-11,18H,12-13H2,1-3H3. The molecule has 1 atom stereocenters. The van der Waals surface area contributed by atoms with Gasteiger partial charge in [-0.05, 0) is 43.1 Å². The average Bonchev–Trinajstić information content (AvgIpc) is 2.42. The Morgan fingerprint density at radius 2 is 1.70 bits per heavy atom. The summed E-state index contributed by atoms with van der Waals surface area (Å²) in [5.41, 5.74) is 5.14. The molecule has 0 aliphatic heterocycles. The van der Waals surface area contributed by atoms with Crippen LogP contribution in [0.4, 0.5) is 0 Å². The van der Waals surface area contributed by atoms with Crippen molar-refractivity contribution in [3.63, 3.8) is 0 Å². The third-order valence-corrected chi connectivity index (χ3v) is 4.05. The van der Waals surface area contributed by atoms with Gasteiger partial charge in [-0.2, -0.15) is 0 Å². The molecule has 20 heavy (non-hydrogen) atoms. The summed E-state index contributed by atoms with van der Waals surface area (Å²) in [6, 6.07) is 17.0. The van der Waals surface area contributed by atoms with E-state index in [1.54, 1.807) is 0 Å². The highest BCUT2D eigenvalue weighted by Gasteiger charge is 2.12. The van der Waals surface area contributed by atoms with E-state index in [1.165, 1.54) is 22.3 Å². The van der Waals surface area contributed by atoms with Crippen molar-refractivity contribution < 1.29 is 0 Å². The largest absolute Gasteiger partial charge is 0.300 e. The highest BCUT2D eigenvalue weighted by molar-refractivity contribution is 6.21. The fourth-order valence-corrected chi connectivity index (χ4v) is 2.67. The number of hydrogen-bond donors (Lipinski definition) is 0. The van der Waals surface area contributed by atoms with Crippen LogP contribution < -0.4 is 0 Å². The number of nitrogens with zero attached hydrogens (tertiary/aromatic N) is 1. The van der Waals surface area contributed by atoms with E-state index < -0.39 is 0 Å². The zero-order valence-electron chi connectivity index (χ0n) is 12.4. The van der Waals surface area contributed by atoms with Crippen molar-refractivity contribution in [3.8, 4) is 0 Å². The van der Waals surface area contributed by atoms with Crippen LogP contribution in [0.5, 0.6) is 0 Å². The Labute approximate surface area is 127 Å². The van der Waals surface area contributed by atoms with E-state index in [4.69, 9.17) is 11.6 Å². The van der Waals surface area contributed by atoms with Crippen LogP contribution in [0.25, 0.3) is 0 Å². The zero-order valence-corrected chi connectivity index (χ0v) is 13.2. The smallest absolute Gasteiger partial charge is 0.0712 e. The number of aryl methyl sites for hydroxylation is 2. The molecule has 1 nitrogen and oxygen atoms in total. The van der Waals surface area contributed by atoms with Crippen LogP contribution in [0.1, 0.15) is 27.6 Å². The van der Waals surface area contributed by atoms with Gasteiger partial charge in [0.15, 0.2) is 0 Å². The molecule has 0 amide bonds.